The maximum Gasteiger partial charge on any atom is 0.274 e. The lowest BCUT2D eigenvalue weighted by atomic mass is 10.2. The van der Waals surface area contributed by atoms with Crippen LogP contribution in [-0.4, -0.2) is 28.7 Å². The summed E-state index contributed by atoms with van der Waals surface area (Å²) in [6, 6.07) is 2.09. The molecule has 1 aliphatic rings. The van der Waals surface area contributed by atoms with Crippen LogP contribution in [0.4, 0.5) is 0 Å². The lowest BCUT2D eigenvalue weighted by molar-refractivity contribution is -0.129. The van der Waals surface area contributed by atoms with Crippen molar-refractivity contribution in [2.75, 3.05) is 0 Å². The highest BCUT2D eigenvalue weighted by atomic mass is 16.2. The number of pyridine rings is 1. The second kappa shape index (κ2) is 3.58. The van der Waals surface area contributed by atoms with Crippen molar-refractivity contribution in [1.29, 1.82) is 0 Å². The number of amides is 2. The molecule has 3 N–H and O–H groups in total. The fraction of sp³-hybridized carbons (Fsp3) is 0.111. The highest BCUT2D eigenvalue weighted by Gasteiger charge is 2.28. The molecular formula is C9H8N4O2. The van der Waals surface area contributed by atoms with Crippen LogP contribution in [0.5, 0.6) is 0 Å². The average Bonchev–Trinajstić information content (AvgIpc) is 2.26. The van der Waals surface area contributed by atoms with Crippen molar-refractivity contribution in [2.45, 2.75) is 6.04 Å². The molecule has 2 amide bonds. The molecule has 1 unspecified atom stereocenters. The minimum Gasteiger partial charge on any atom is -0.312 e. The number of rotatable bonds is 1. The van der Waals surface area contributed by atoms with Crippen molar-refractivity contribution in [3.05, 3.63) is 30.1 Å². The molecule has 0 aliphatic carbocycles. The first kappa shape index (κ1) is 9.47. The van der Waals surface area contributed by atoms with Crippen LogP contribution < -0.4 is 11.1 Å². The Hall–Kier alpha value is -2.08. The Balaban J connectivity index is 2.36. The van der Waals surface area contributed by atoms with Crippen LogP contribution in [0.25, 0.3) is 0 Å². The molecular weight excluding hydrogens is 196 g/mol. The molecule has 0 bridgehead atoms. The SMILES string of the molecule is NC1C(=O)N=C(c2ccncc2)NC1=O. The highest BCUT2D eigenvalue weighted by molar-refractivity contribution is 6.22. The second-order valence-electron chi connectivity index (χ2n) is 3.00. The topological polar surface area (TPSA) is 97.4 Å². The van der Waals surface area contributed by atoms with Gasteiger partial charge in [0.1, 0.15) is 5.84 Å². The van der Waals surface area contributed by atoms with Gasteiger partial charge in [-0.1, -0.05) is 0 Å². The molecule has 0 radical (unpaired) electrons. The molecule has 0 fully saturated rings. The van der Waals surface area contributed by atoms with E-state index < -0.39 is 17.9 Å². The average molecular weight is 204 g/mol. The number of carbonyl (C=O) groups excluding carboxylic acids is 2. The van der Waals surface area contributed by atoms with Crippen molar-refractivity contribution in [3.8, 4) is 0 Å². The van der Waals surface area contributed by atoms with E-state index in [1.54, 1.807) is 24.5 Å². The minimum atomic E-state index is -1.20. The fourth-order valence-corrected chi connectivity index (χ4v) is 1.16. The van der Waals surface area contributed by atoms with Crippen LogP contribution in [0, 0.1) is 0 Å². The summed E-state index contributed by atoms with van der Waals surface area (Å²) in [7, 11) is 0. The van der Waals surface area contributed by atoms with Crippen LogP contribution in [-0.2, 0) is 9.59 Å². The highest BCUT2D eigenvalue weighted by Crippen LogP contribution is 2.02. The third-order valence-electron chi connectivity index (χ3n) is 1.97. The van der Waals surface area contributed by atoms with Gasteiger partial charge in [-0.15, -0.1) is 0 Å². The van der Waals surface area contributed by atoms with Crippen molar-refractivity contribution in [3.63, 3.8) is 0 Å². The Bertz CT molecular complexity index is 441. The molecule has 0 saturated carbocycles. The van der Waals surface area contributed by atoms with E-state index in [2.05, 4.69) is 15.3 Å². The first-order valence-corrected chi connectivity index (χ1v) is 4.28. The molecule has 1 aliphatic heterocycles. The maximum atomic E-state index is 11.2. The molecule has 1 aromatic rings. The third-order valence-corrected chi connectivity index (χ3v) is 1.97. The Labute approximate surface area is 85.2 Å². The first-order valence-electron chi connectivity index (χ1n) is 4.28. The Kier molecular flexibility index (Phi) is 2.26. The summed E-state index contributed by atoms with van der Waals surface area (Å²) in [5.74, 6) is -0.957. The van der Waals surface area contributed by atoms with Gasteiger partial charge >= 0.3 is 0 Å². The Morgan fingerprint density at radius 2 is 1.93 bits per heavy atom. The minimum absolute atomic E-state index is 0.217. The molecule has 6 heteroatoms. The van der Waals surface area contributed by atoms with Gasteiger partial charge in [-0.2, -0.15) is 4.99 Å². The van der Waals surface area contributed by atoms with E-state index in [4.69, 9.17) is 5.73 Å². The van der Waals surface area contributed by atoms with Crippen LogP contribution in [0.2, 0.25) is 0 Å². The van der Waals surface area contributed by atoms with Crippen molar-refractivity contribution >= 4 is 17.6 Å². The summed E-state index contributed by atoms with van der Waals surface area (Å²) in [6.07, 6.45) is 3.09. The standard InChI is InChI=1S/C9H8N4O2/c10-6-8(14)12-7(13-9(6)15)5-1-3-11-4-2-5/h1-4,6H,10H2,(H,12,13,14,15). The van der Waals surface area contributed by atoms with Gasteiger partial charge in [0.2, 0.25) is 0 Å². The van der Waals surface area contributed by atoms with Gasteiger partial charge in [0.25, 0.3) is 11.8 Å². The molecule has 1 aromatic heterocycles. The zero-order chi connectivity index (χ0) is 10.8. The molecule has 76 valence electrons. The smallest absolute Gasteiger partial charge is 0.274 e. The van der Waals surface area contributed by atoms with Crippen molar-refractivity contribution in [1.82, 2.24) is 10.3 Å². The van der Waals surface area contributed by atoms with Gasteiger partial charge < -0.3 is 11.1 Å². The van der Waals surface area contributed by atoms with Gasteiger partial charge in [0.05, 0.1) is 0 Å². The molecule has 0 saturated heterocycles. The lowest BCUT2D eigenvalue weighted by Crippen LogP contribution is -2.52. The number of hydrogen-bond acceptors (Lipinski definition) is 4. The number of nitrogens with one attached hydrogen (secondary N) is 1. The number of nitrogens with two attached hydrogens (primary N) is 1. The summed E-state index contributed by atoms with van der Waals surface area (Å²) in [4.78, 5) is 29.9. The van der Waals surface area contributed by atoms with E-state index in [-0.39, 0.29) is 5.84 Å². The third kappa shape index (κ3) is 1.75. The molecule has 2 rings (SSSR count). The van der Waals surface area contributed by atoms with Crippen LogP contribution >= 0.6 is 0 Å². The van der Waals surface area contributed by atoms with E-state index in [1.165, 1.54) is 0 Å². The lowest BCUT2D eigenvalue weighted by Gasteiger charge is -2.16. The zero-order valence-corrected chi connectivity index (χ0v) is 7.68. The summed E-state index contributed by atoms with van der Waals surface area (Å²) >= 11 is 0. The number of amidine groups is 1. The summed E-state index contributed by atoms with van der Waals surface area (Å²) in [5, 5.41) is 2.45. The Morgan fingerprint density at radius 1 is 1.27 bits per heavy atom. The molecule has 0 aromatic carbocycles. The van der Waals surface area contributed by atoms with Crippen molar-refractivity contribution in [2.24, 2.45) is 10.7 Å². The summed E-state index contributed by atoms with van der Waals surface area (Å²) in [6.45, 7) is 0. The Morgan fingerprint density at radius 3 is 2.53 bits per heavy atom. The number of nitrogens with zero attached hydrogens (tertiary/aromatic N) is 2. The van der Waals surface area contributed by atoms with Crippen LogP contribution in [0.1, 0.15) is 5.56 Å². The first-order chi connectivity index (χ1) is 7.18. The molecule has 15 heavy (non-hydrogen) atoms. The van der Waals surface area contributed by atoms with Gasteiger partial charge in [0.15, 0.2) is 6.04 Å². The predicted molar refractivity (Wildman–Crippen MR) is 51.9 cm³/mol. The number of aromatic nitrogens is 1. The number of aliphatic imine (C=N–C) groups is 1. The number of hydrogen-bond donors (Lipinski definition) is 2. The van der Waals surface area contributed by atoms with E-state index in [1.807, 2.05) is 0 Å². The molecule has 1 atom stereocenters. The summed E-state index contributed by atoms with van der Waals surface area (Å²) < 4.78 is 0. The van der Waals surface area contributed by atoms with Crippen LogP contribution in [0.15, 0.2) is 29.5 Å². The van der Waals surface area contributed by atoms with E-state index in [9.17, 15) is 9.59 Å². The van der Waals surface area contributed by atoms with Crippen molar-refractivity contribution < 1.29 is 9.59 Å². The predicted octanol–water partition coefficient (Wildman–Crippen LogP) is -1.19. The largest absolute Gasteiger partial charge is 0.312 e. The zero-order valence-electron chi connectivity index (χ0n) is 7.68. The van der Waals surface area contributed by atoms with Gasteiger partial charge in [-0.05, 0) is 12.1 Å². The van der Waals surface area contributed by atoms with Gasteiger partial charge in [-0.3, -0.25) is 14.6 Å². The number of carbonyl (C=O) groups is 2. The summed E-state index contributed by atoms with van der Waals surface area (Å²) in [5.41, 5.74) is 5.90. The fourth-order valence-electron chi connectivity index (χ4n) is 1.16. The van der Waals surface area contributed by atoms with Gasteiger partial charge in [0, 0.05) is 18.0 Å². The van der Waals surface area contributed by atoms with Gasteiger partial charge in [-0.25, -0.2) is 0 Å². The second-order valence-corrected chi connectivity index (χ2v) is 3.00. The van der Waals surface area contributed by atoms with E-state index in [0.717, 1.165) is 0 Å². The van der Waals surface area contributed by atoms with Crippen LogP contribution in [0.3, 0.4) is 0 Å². The maximum absolute atomic E-state index is 11.2. The quantitative estimate of drug-likeness (QED) is 0.562. The van der Waals surface area contributed by atoms with E-state index >= 15 is 0 Å². The monoisotopic (exact) mass is 204 g/mol. The molecule has 2 heterocycles. The molecule has 6 nitrogen and oxygen atoms in total. The molecule has 0 spiro atoms. The normalized spacial score (nSPS) is 20.9. The van der Waals surface area contributed by atoms with E-state index in [0.29, 0.717) is 5.56 Å².